The lowest BCUT2D eigenvalue weighted by Gasteiger charge is -2.18. The number of hydrogen-bond acceptors (Lipinski definition) is 7. The molecule has 0 fully saturated rings. The number of nitrogens with zero attached hydrogens (tertiary/aromatic N) is 2. The van der Waals surface area contributed by atoms with Crippen LogP contribution in [0.1, 0.15) is 31.3 Å². The second-order valence-electron chi connectivity index (χ2n) is 6.39. The summed E-state index contributed by atoms with van der Waals surface area (Å²) in [6, 6.07) is 5.41. The summed E-state index contributed by atoms with van der Waals surface area (Å²) in [4.78, 5) is 20.1. The first-order chi connectivity index (χ1) is 11.2. The highest BCUT2D eigenvalue weighted by atomic mass is 16.6. The maximum absolute atomic E-state index is 12.2. The van der Waals surface area contributed by atoms with Gasteiger partial charge in [-0.25, -0.2) is 14.8 Å². The van der Waals surface area contributed by atoms with Crippen molar-refractivity contribution in [3.63, 3.8) is 0 Å². The molecule has 124 valence electrons. The molecule has 3 rings (SSSR count). The van der Waals surface area contributed by atoms with E-state index in [0.29, 0.717) is 11.0 Å². The molecule has 3 aromatic rings. The predicted octanol–water partition coefficient (Wildman–Crippen LogP) is 3.01. The van der Waals surface area contributed by atoms with Crippen molar-refractivity contribution < 1.29 is 13.9 Å². The molecular formula is C17H18N4O3. The van der Waals surface area contributed by atoms with E-state index in [-0.39, 0.29) is 17.4 Å². The zero-order chi connectivity index (χ0) is 17.5. The first kappa shape index (κ1) is 15.8. The molecule has 4 N–H and O–H groups in total. The predicted molar refractivity (Wildman–Crippen MR) is 91.2 cm³/mol. The van der Waals surface area contributed by atoms with Gasteiger partial charge in [0.1, 0.15) is 11.2 Å². The Kier molecular flexibility index (Phi) is 3.63. The monoisotopic (exact) mass is 326 g/mol. The number of esters is 1. The molecule has 0 spiro atoms. The average Bonchev–Trinajstić information content (AvgIpc) is 2.83. The van der Waals surface area contributed by atoms with Crippen LogP contribution < -0.4 is 11.5 Å². The number of fused-ring (bicyclic) bond motifs is 1. The minimum Gasteiger partial charge on any atom is -0.454 e. The van der Waals surface area contributed by atoms with Crippen LogP contribution in [0.4, 0.5) is 11.6 Å². The van der Waals surface area contributed by atoms with E-state index in [4.69, 9.17) is 20.6 Å². The van der Waals surface area contributed by atoms with E-state index < -0.39 is 11.6 Å². The van der Waals surface area contributed by atoms with Gasteiger partial charge in [-0.3, -0.25) is 0 Å². The maximum Gasteiger partial charge on any atom is 0.377 e. The van der Waals surface area contributed by atoms with E-state index in [2.05, 4.69) is 9.97 Å². The molecule has 0 aliphatic heterocycles. The summed E-state index contributed by atoms with van der Waals surface area (Å²) in [5.74, 6) is -0.381. The number of nitrogens with two attached hydrogens (primary N) is 2. The third kappa shape index (κ3) is 3.01. The molecule has 0 bridgehead atoms. The largest absolute Gasteiger partial charge is 0.454 e. The molecule has 0 saturated carbocycles. The van der Waals surface area contributed by atoms with Crippen LogP contribution in [0.3, 0.4) is 0 Å². The van der Waals surface area contributed by atoms with Gasteiger partial charge in [-0.1, -0.05) is 6.07 Å². The second kappa shape index (κ2) is 5.52. The molecule has 2 heterocycles. The number of rotatable bonds is 2. The summed E-state index contributed by atoms with van der Waals surface area (Å²) in [5, 5.41) is 0.649. The molecule has 7 nitrogen and oxygen atoms in total. The Hall–Kier alpha value is -3.09. The fourth-order valence-electron chi connectivity index (χ4n) is 2.26. The molecule has 0 amide bonds. The Morgan fingerprint density at radius 2 is 1.79 bits per heavy atom. The molecule has 0 radical (unpaired) electrons. The first-order valence-electron chi connectivity index (χ1n) is 7.38. The summed E-state index contributed by atoms with van der Waals surface area (Å²) in [6.45, 7) is 5.34. The van der Waals surface area contributed by atoms with Gasteiger partial charge in [-0.05, 0) is 38.5 Å². The van der Waals surface area contributed by atoms with Crippen LogP contribution in [-0.2, 0) is 4.74 Å². The fraction of sp³-hybridized carbons (Fsp3) is 0.235. The number of carbonyl (C=O) groups is 1. The molecule has 7 heteroatoms. The Labute approximate surface area is 138 Å². The quantitative estimate of drug-likeness (QED) is 0.695. The molecule has 0 unspecified atom stereocenters. The van der Waals surface area contributed by atoms with Crippen LogP contribution >= 0.6 is 0 Å². The lowest BCUT2D eigenvalue weighted by Crippen LogP contribution is -2.24. The van der Waals surface area contributed by atoms with Crippen molar-refractivity contribution in [2.45, 2.75) is 26.4 Å². The molecule has 0 aliphatic rings. The summed E-state index contributed by atoms with van der Waals surface area (Å²) in [7, 11) is 0. The highest BCUT2D eigenvalue weighted by molar-refractivity contribution is 6.04. The van der Waals surface area contributed by atoms with Crippen molar-refractivity contribution in [2.75, 3.05) is 11.5 Å². The van der Waals surface area contributed by atoms with Gasteiger partial charge < -0.3 is 20.6 Å². The van der Waals surface area contributed by atoms with E-state index in [1.54, 1.807) is 45.3 Å². The molecule has 24 heavy (non-hydrogen) atoms. The highest BCUT2D eigenvalue weighted by Crippen LogP contribution is 2.32. The van der Waals surface area contributed by atoms with Gasteiger partial charge in [0, 0.05) is 23.3 Å². The zero-order valence-corrected chi connectivity index (χ0v) is 13.7. The Morgan fingerprint density at radius 3 is 2.42 bits per heavy atom. The number of ether oxygens (including phenoxy) is 1. The lowest BCUT2D eigenvalue weighted by atomic mass is 10.1. The van der Waals surface area contributed by atoms with Crippen LogP contribution in [0.2, 0.25) is 0 Å². The second-order valence-corrected chi connectivity index (χ2v) is 6.39. The number of nitrogen functional groups attached to an aromatic ring is 2. The minimum absolute atomic E-state index is 0.00521. The molecule has 0 atom stereocenters. The van der Waals surface area contributed by atoms with Crippen molar-refractivity contribution in [2.24, 2.45) is 0 Å². The lowest BCUT2D eigenvalue weighted by molar-refractivity contribution is 0.00398. The van der Waals surface area contributed by atoms with Crippen LogP contribution in [0, 0.1) is 0 Å². The van der Waals surface area contributed by atoms with Gasteiger partial charge in [-0.2, -0.15) is 0 Å². The molecular weight excluding hydrogens is 308 g/mol. The van der Waals surface area contributed by atoms with Crippen molar-refractivity contribution in [3.05, 3.63) is 36.4 Å². The number of furan rings is 1. The van der Waals surface area contributed by atoms with E-state index in [1.165, 1.54) is 0 Å². The van der Waals surface area contributed by atoms with Crippen molar-refractivity contribution in [1.29, 1.82) is 0 Å². The summed E-state index contributed by atoms with van der Waals surface area (Å²) >= 11 is 0. The number of anilines is 2. The Bertz CT molecular complexity index is 908. The zero-order valence-electron chi connectivity index (χ0n) is 13.7. The number of aromatic nitrogens is 2. The highest BCUT2D eigenvalue weighted by Gasteiger charge is 2.25. The average molecular weight is 326 g/mol. The maximum atomic E-state index is 12.2. The number of hydrogen-bond donors (Lipinski definition) is 2. The molecule has 2 aromatic heterocycles. The van der Waals surface area contributed by atoms with E-state index in [9.17, 15) is 4.79 Å². The van der Waals surface area contributed by atoms with Crippen molar-refractivity contribution >= 4 is 28.6 Å². The van der Waals surface area contributed by atoms with Crippen LogP contribution in [0.25, 0.3) is 22.1 Å². The van der Waals surface area contributed by atoms with E-state index in [0.717, 1.165) is 11.1 Å². The Balaban J connectivity index is 2.02. The van der Waals surface area contributed by atoms with Gasteiger partial charge in [0.2, 0.25) is 11.7 Å². The third-order valence-electron chi connectivity index (χ3n) is 3.32. The molecule has 0 aliphatic carbocycles. The standard InChI is InChI=1S/C17H18N4O3/c1-17(2,3)24-15(22)14-13(18)11-5-4-9(6-12(11)23-14)10-7-20-16(19)21-8-10/h4-8H,18H2,1-3H3,(H2,19,20,21). The third-order valence-corrected chi connectivity index (χ3v) is 3.32. The number of carbonyl (C=O) groups excluding carboxylic acids is 1. The van der Waals surface area contributed by atoms with Crippen LogP contribution in [0.15, 0.2) is 35.0 Å². The molecule has 1 aromatic carbocycles. The van der Waals surface area contributed by atoms with Gasteiger partial charge in [0.15, 0.2) is 0 Å². The summed E-state index contributed by atoms with van der Waals surface area (Å²) < 4.78 is 10.9. The van der Waals surface area contributed by atoms with Gasteiger partial charge in [0.25, 0.3) is 0 Å². The first-order valence-corrected chi connectivity index (χ1v) is 7.38. The fourth-order valence-corrected chi connectivity index (χ4v) is 2.26. The smallest absolute Gasteiger partial charge is 0.377 e. The SMILES string of the molecule is CC(C)(C)OC(=O)c1oc2cc(-c3cnc(N)nc3)ccc2c1N. The minimum atomic E-state index is -0.630. The van der Waals surface area contributed by atoms with E-state index >= 15 is 0 Å². The van der Waals surface area contributed by atoms with Crippen LogP contribution in [0.5, 0.6) is 0 Å². The van der Waals surface area contributed by atoms with E-state index in [1.807, 2.05) is 6.07 Å². The van der Waals surface area contributed by atoms with Crippen LogP contribution in [-0.4, -0.2) is 21.5 Å². The van der Waals surface area contributed by atoms with Gasteiger partial charge in [-0.15, -0.1) is 0 Å². The van der Waals surface area contributed by atoms with Gasteiger partial charge >= 0.3 is 5.97 Å². The van der Waals surface area contributed by atoms with Crippen molar-refractivity contribution in [1.82, 2.24) is 9.97 Å². The van der Waals surface area contributed by atoms with Crippen molar-refractivity contribution in [3.8, 4) is 11.1 Å². The molecule has 0 saturated heterocycles. The van der Waals surface area contributed by atoms with Gasteiger partial charge in [0.05, 0.1) is 5.69 Å². The normalized spacial score (nSPS) is 11.6. The summed E-state index contributed by atoms with van der Waals surface area (Å²) in [6.07, 6.45) is 3.23. The number of benzene rings is 1. The summed E-state index contributed by atoms with van der Waals surface area (Å²) in [5.41, 5.74) is 13.3. The Morgan fingerprint density at radius 1 is 1.12 bits per heavy atom. The topological polar surface area (TPSA) is 117 Å².